The molecule has 3 aliphatic rings. The van der Waals surface area contributed by atoms with E-state index < -0.39 is 5.60 Å². The van der Waals surface area contributed by atoms with Gasteiger partial charge in [0.1, 0.15) is 5.60 Å². The molecule has 2 fully saturated rings. The van der Waals surface area contributed by atoms with E-state index in [0.717, 1.165) is 35.6 Å². The zero-order valence-corrected chi connectivity index (χ0v) is 17.7. The van der Waals surface area contributed by atoms with Gasteiger partial charge >= 0.3 is 6.03 Å². The maximum absolute atomic E-state index is 12.4. The summed E-state index contributed by atoms with van der Waals surface area (Å²) in [4.78, 5) is 19.9. The van der Waals surface area contributed by atoms with Crippen molar-refractivity contribution in [3.63, 3.8) is 0 Å². The van der Waals surface area contributed by atoms with Gasteiger partial charge in [-0.1, -0.05) is 0 Å². The molecule has 1 aromatic carbocycles. The van der Waals surface area contributed by atoms with Gasteiger partial charge in [0.25, 0.3) is 0 Å². The molecule has 8 heteroatoms. The number of benzene rings is 1. The quantitative estimate of drug-likeness (QED) is 0.741. The summed E-state index contributed by atoms with van der Waals surface area (Å²) in [5, 5.41) is 2.96. The largest absolute Gasteiger partial charge is 0.493 e. The van der Waals surface area contributed by atoms with Crippen LogP contribution in [0.5, 0.6) is 11.5 Å². The van der Waals surface area contributed by atoms with Crippen LogP contribution in [0.25, 0.3) is 5.70 Å². The van der Waals surface area contributed by atoms with Crippen LogP contribution in [0.1, 0.15) is 38.2 Å². The van der Waals surface area contributed by atoms with Crippen molar-refractivity contribution in [1.82, 2.24) is 15.7 Å². The average molecular weight is 418 g/mol. The summed E-state index contributed by atoms with van der Waals surface area (Å²) in [6.45, 7) is 4.68. The van der Waals surface area contributed by atoms with E-state index in [1.807, 2.05) is 31.2 Å². The molecule has 0 bridgehead atoms. The van der Waals surface area contributed by atoms with Gasteiger partial charge in [-0.15, -0.1) is 0 Å². The van der Waals surface area contributed by atoms with E-state index in [1.165, 1.54) is 12.8 Å². The zero-order valence-electron chi connectivity index (χ0n) is 17.7. The topological polar surface area (TPSA) is 81.3 Å². The summed E-state index contributed by atoms with van der Waals surface area (Å²) in [5.41, 5.74) is 4.15. The van der Waals surface area contributed by atoms with Crippen molar-refractivity contribution in [3.8, 4) is 11.5 Å². The van der Waals surface area contributed by atoms with E-state index in [0.29, 0.717) is 32.8 Å². The van der Waals surface area contributed by atoms with Crippen LogP contribution in [-0.2, 0) is 9.57 Å². The molecule has 1 saturated carbocycles. The number of carbonyl (C=O) groups excluding carboxylic acids is 1. The Hall–Kier alpha value is -2.45. The molecule has 2 aliphatic heterocycles. The SMILES string of the molecule is COc1ccc(C2=CC(C)(CNC(=O)N3CCOCC3)ON2)cc1OC1CCCC1. The highest BCUT2D eigenvalue weighted by Crippen LogP contribution is 2.35. The number of urea groups is 1. The molecule has 0 radical (unpaired) electrons. The fourth-order valence-corrected chi connectivity index (χ4v) is 4.02. The average Bonchev–Trinajstić information content (AvgIpc) is 3.43. The second-order valence-electron chi connectivity index (χ2n) is 8.22. The Labute approximate surface area is 177 Å². The number of nitrogens with zero attached hydrogens (tertiary/aromatic N) is 1. The fraction of sp³-hybridized carbons (Fsp3) is 0.591. The second kappa shape index (κ2) is 9.14. The van der Waals surface area contributed by atoms with Crippen LogP contribution < -0.4 is 20.3 Å². The molecule has 30 heavy (non-hydrogen) atoms. The normalized spacial score (nSPS) is 24.3. The predicted molar refractivity (Wildman–Crippen MR) is 112 cm³/mol. The zero-order chi connectivity index (χ0) is 21.0. The summed E-state index contributed by atoms with van der Waals surface area (Å²) < 4.78 is 17.0. The monoisotopic (exact) mass is 417 g/mol. The van der Waals surface area contributed by atoms with Crippen molar-refractivity contribution < 1.29 is 23.8 Å². The van der Waals surface area contributed by atoms with Crippen molar-refractivity contribution >= 4 is 11.7 Å². The van der Waals surface area contributed by atoms with E-state index in [2.05, 4.69) is 10.8 Å². The molecule has 0 aromatic heterocycles. The van der Waals surface area contributed by atoms with E-state index in [-0.39, 0.29) is 12.1 Å². The molecule has 1 aromatic rings. The Bertz CT molecular complexity index is 787. The van der Waals surface area contributed by atoms with Gasteiger partial charge in [-0.3, -0.25) is 10.3 Å². The first-order chi connectivity index (χ1) is 14.6. The molecule has 0 spiro atoms. The number of amides is 2. The minimum Gasteiger partial charge on any atom is -0.493 e. The van der Waals surface area contributed by atoms with E-state index >= 15 is 0 Å². The van der Waals surface area contributed by atoms with Gasteiger partial charge in [0.15, 0.2) is 11.5 Å². The smallest absolute Gasteiger partial charge is 0.317 e. The number of hydrogen-bond donors (Lipinski definition) is 2. The maximum Gasteiger partial charge on any atom is 0.317 e. The summed E-state index contributed by atoms with van der Waals surface area (Å²) in [7, 11) is 1.65. The number of methoxy groups -OCH3 is 1. The summed E-state index contributed by atoms with van der Waals surface area (Å²) in [6.07, 6.45) is 6.82. The number of hydrogen-bond acceptors (Lipinski definition) is 6. The van der Waals surface area contributed by atoms with Crippen LogP contribution in [0, 0.1) is 0 Å². The number of rotatable bonds is 6. The van der Waals surface area contributed by atoms with E-state index in [4.69, 9.17) is 19.0 Å². The van der Waals surface area contributed by atoms with Crippen LogP contribution in [0.4, 0.5) is 4.79 Å². The van der Waals surface area contributed by atoms with Gasteiger partial charge in [-0.2, -0.15) is 0 Å². The van der Waals surface area contributed by atoms with Crippen LogP contribution in [0.3, 0.4) is 0 Å². The molecule has 2 heterocycles. The van der Waals surface area contributed by atoms with Crippen LogP contribution >= 0.6 is 0 Å². The minimum absolute atomic E-state index is 0.0957. The second-order valence-corrected chi connectivity index (χ2v) is 8.22. The molecule has 1 unspecified atom stereocenters. The van der Waals surface area contributed by atoms with Crippen molar-refractivity contribution in [2.24, 2.45) is 0 Å². The fourth-order valence-electron chi connectivity index (χ4n) is 4.02. The number of hydroxylamine groups is 1. The van der Waals surface area contributed by atoms with Crippen molar-refractivity contribution in [1.29, 1.82) is 0 Å². The number of carbonyl (C=O) groups is 1. The highest BCUT2D eigenvalue weighted by molar-refractivity contribution is 5.74. The van der Waals surface area contributed by atoms with E-state index in [9.17, 15) is 4.79 Å². The Morgan fingerprint density at radius 3 is 2.77 bits per heavy atom. The molecule has 8 nitrogen and oxygen atoms in total. The number of ether oxygens (including phenoxy) is 3. The predicted octanol–water partition coefficient (Wildman–Crippen LogP) is 2.69. The lowest BCUT2D eigenvalue weighted by Gasteiger charge is -2.28. The molecular formula is C22H31N3O5. The Kier molecular flexibility index (Phi) is 6.34. The third-order valence-electron chi connectivity index (χ3n) is 5.80. The molecule has 164 valence electrons. The lowest BCUT2D eigenvalue weighted by Crippen LogP contribution is -2.50. The molecule has 2 N–H and O–H groups in total. The first-order valence-electron chi connectivity index (χ1n) is 10.7. The third-order valence-corrected chi connectivity index (χ3v) is 5.80. The lowest BCUT2D eigenvalue weighted by atomic mass is 10.0. The lowest BCUT2D eigenvalue weighted by molar-refractivity contribution is -0.0199. The minimum atomic E-state index is -0.649. The van der Waals surface area contributed by atoms with E-state index in [1.54, 1.807) is 12.0 Å². The van der Waals surface area contributed by atoms with Gasteiger partial charge in [0, 0.05) is 18.7 Å². The Balaban J connectivity index is 1.42. The first kappa shape index (κ1) is 20.8. The van der Waals surface area contributed by atoms with Crippen LogP contribution in [-0.4, -0.2) is 62.6 Å². The molecule has 4 rings (SSSR count). The Morgan fingerprint density at radius 2 is 2.03 bits per heavy atom. The molecule has 1 aliphatic carbocycles. The third kappa shape index (κ3) is 4.82. The number of morpholine rings is 1. The maximum atomic E-state index is 12.4. The van der Waals surface area contributed by atoms with Gasteiger partial charge < -0.3 is 24.4 Å². The molecule has 2 amide bonds. The number of nitrogens with one attached hydrogen (secondary N) is 2. The van der Waals surface area contributed by atoms with Gasteiger partial charge in [-0.25, -0.2) is 4.79 Å². The van der Waals surface area contributed by atoms with Gasteiger partial charge in [0.2, 0.25) is 0 Å². The van der Waals surface area contributed by atoms with Crippen molar-refractivity contribution in [2.45, 2.75) is 44.3 Å². The first-order valence-corrected chi connectivity index (χ1v) is 10.7. The van der Waals surface area contributed by atoms with Gasteiger partial charge in [0.05, 0.1) is 38.7 Å². The van der Waals surface area contributed by atoms with Crippen molar-refractivity contribution in [3.05, 3.63) is 29.8 Å². The molecular weight excluding hydrogens is 386 g/mol. The van der Waals surface area contributed by atoms with Crippen molar-refractivity contribution in [2.75, 3.05) is 40.0 Å². The highest BCUT2D eigenvalue weighted by Gasteiger charge is 2.32. The Morgan fingerprint density at radius 1 is 1.27 bits per heavy atom. The highest BCUT2D eigenvalue weighted by atomic mass is 16.7. The van der Waals surface area contributed by atoms with Gasteiger partial charge in [-0.05, 0) is 56.9 Å². The van der Waals surface area contributed by atoms with Crippen LogP contribution in [0.15, 0.2) is 24.3 Å². The molecule has 1 atom stereocenters. The summed E-state index contributed by atoms with van der Waals surface area (Å²) in [6, 6.07) is 5.78. The molecule has 1 saturated heterocycles. The standard InChI is InChI=1S/C22H31N3O5/c1-22(15-23-21(26)25-9-11-28-12-10-25)14-18(24-30-22)16-7-8-19(27-2)20(13-16)29-17-5-3-4-6-17/h7-8,13-14,17,24H,3-6,9-12,15H2,1-2H3,(H,23,26). The van der Waals surface area contributed by atoms with Crippen LogP contribution in [0.2, 0.25) is 0 Å². The summed E-state index contributed by atoms with van der Waals surface area (Å²) >= 11 is 0. The summed E-state index contributed by atoms with van der Waals surface area (Å²) in [5.74, 6) is 1.48.